The predicted molar refractivity (Wildman–Crippen MR) is 48.4 cm³/mol. The number of fused-ring (bicyclic) bond motifs is 1. The van der Waals surface area contributed by atoms with E-state index in [2.05, 4.69) is 12.1 Å². The van der Waals surface area contributed by atoms with E-state index in [1.54, 1.807) is 0 Å². The summed E-state index contributed by atoms with van der Waals surface area (Å²) in [6, 6.07) is 10.3. The molecular formula is C11H12O2. The Morgan fingerprint density at radius 1 is 1.15 bits per heavy atom. The molecule has 0 spiro atoms. The van der Waals surface area contributed by atoms with Gasteiger partial charge in [0.2, 0.25) is 0 Å². The fourth-order valence-corrected chi connectivity index (χ4v) is 2.11. The molecule has 1 aromatic rings. The van der Waals surface area contributed by atoms with E-state index in [1.807, 2.05) is 18.2 Å². The van der Waals surface area contributed by atoms with Gasteiger partial charge in [0.05, 0.1) is 6.10 Å². The normalized spacial score (nSPS) is 36.8. The maximum atomic E-state index is 5.72. The zero-order valence-electron chi connectivity index (χ0n) is 7.35. The first kappa shape index (κ1) is 7.54. The second-order valence-corrected chi connectivity index (χ2v) is 3.63. The highest BCUT2D eigenvalue weighted by molar-refractivity contribution is 5.22. The molecule has 0 radical (unpaired) electrons. The maximum Gasteiger partial charge on any atom is 0.114 e. The van der Waals surface area contributed by atoms with Gasteiger partial charge in [0.25, 0.3) is 0 Å². The molecule has 2 nitrogen and oxygen atoms in total. The van der Waals surface area contributed by atoms with Gasteiger partial charge in [-0.2, -0.15) is 0 Å². The first-order chi connectivity index (χ1) is 6.45. The molecule has 0 saturated carbocycles. The van der Waals surface area contributed by atoms with E-state index in [4.69, 9.17) is 9.47 Å². The summed E-state index contributed by atoms with van der Waals surface area (Å²) in [5.41, 5.74) is 1.24. The Labute approximate surface area is 77.5 Å². The number of ether oxygens (including phenoxy) is 2. The van der Waals surface area contributed by atoms with E-state index in [9.17, 15) is 0 Å². The minimum atomic E-state index is 0.189. The van der Waals surface area contributed by atoms with Gasteiger partial charge in [-0.05, 0) is 12.0 Å². The lowest BCUT2D eigenvalue weighted by Crippen LogP contribution is -2.44. The smallest absolute Gasteiger partial charge is 0.114 e. The number of benzene rings is 1. The zero-order chi connectivity index (χ0) is 8.67. The van der Waals surface area contributed by atoms with Crippen LogP contribution in [0.1, 0.15) is 18.1 Å². The monoisotopic (exact) mass is 176 g/mol. The molecule has 68 valence electrons. The van der Waals surface area contributed by atoms with Crippen LogP contribution in [0.2, 0.25) is 0 Å². The second kappa shape index (κ2) is 2.82. The van der Waals surface area contributed by atoms with Gasteiger partial charge in [-0.1, -0.05) is 30.3 Å². The summed E-state index contributed by atoms with van der Waals surface area (Å²) in [6.45, 7) is 0.860. The Morgan fingerprint density at radius 2 is 2.00 bits per heavy atom. The van der Waals surface area contributed by atoms with Crippen LogP contribution in [-0.2, 0) is 9.47 Å². The van der Waals surface area contributed by atoms with Gasteiger partial charge in [0.15, 0.2) is 0 Å². The van der Waals surface area contributed by atoms with Crippen LogP contribution in [0, 0.1) is 0 Å². The van der Waals surface area contributed by atoms with Gasteiger partial charge in [-0.15, -0.1) is 0 Å². The average Bonchev–Trinajstić information content (AvgIpc) is 2.50. The highest BCUT2D eigenvalue weighted by atomic mass is 16.6. The van der Waals surface area contributed by atoms with Gasteiger partial charge >= 0.3 is 0 Å². The molecule has 13 heavy (non-hydrogen) atoms. The van der Waals surface area contributed by atoms with Crippen LogP contribution in [0.5, 0.6) is 0 Å². The first-order valence-corrected chi connectivity index (χ1v) is 4.77. The molecule has 0 N–H and O–H groups in total. The van der Waals surface area contributed by atoms with Crippen LogP contribution in [0.15, 0.2) is 30.3 Å². The van der Waals surface area contributed by atoms with Crippen LogP contribution < -0.4 is 0 Å². The standard InChI is InChI=1S/C11H12O2/c1-2-4-8(5-3-1)10-11-9(13-10)6-7-12-11/h1-5,9-11H,6-7H2/t9-,10+,11+/m0/s1. The third-order valence-corrected chi connectivity index (χ3v) is 2.83. The minimum Gasteiger partial charge on any atom is -0.372 e. The Hall–Kier alpha value is -0.860. The van der Waals surface area contributed by atoms with Crippen molar-refractivity contribution in [1.82, 2.24) is 0 Å². The topological polar surface area (TPSA) is 18.5 Å². The van der Waals surface area contributed by atoms with Gasteiger partial charge < -0.3 is 9.47 Å². The van der Waals surface area contributed by atoms with Crippen LogP contribution in [0.3, 0.4) is 0 Å². The fourth-order valence-electron chi connectivity index (χ4n) is 2.11. The van der Waals surface area contributed by atoms with E-state index in [-0.39, 0.29) is 6.10 Å². The quantitative estimate of drug-likeness (QED) is 0.650. The van der Waals surface area contributed by atoms with Crippen molar-refractivity contribution in [2.75, 3.05) is 6.61 Å². The molecule has 2 fully saturated rings. The molecule has 2 heterocycles. The van der Waals surface area contributed by atoms with E-state index >= 15 is 0 Å². The summed E-state index contributed by atoms with van der Waals surface area (Å²) in [7, 11) is 0. The van der Waals surface area contributed by atoms with E-state index < -0.39 is 0 Å². The Bertz CT molecular complexity index is 296. The highest BCUT2D eigenvalue weighted by Gasteiger charge is 2.47. The van der Waals surface area contributed by atoms with Crippen molar-refractivity contribution >= 4 is 0 Å². The van der Waals surface area contributed by atoms with Crippen molar-refractivity contribution in [2.24, 2.45) is 0 Å². The molecule has 1 aromatic carbocycles. The van der Waals surface area contributed by atoms with Crippen LogP contribution >= 0.6 is 0 Å². The Balaban J connectivity index is 1.81. The molecule has 2 aliphatic heterocycles. The molecule has 2 heteroatoms. The maximum absolute atomic E-state index is 5.72. The molecule has 2 saturated heterocycles. The molecule has 3 atom stereocenters. The van der Waals surface area contributed by atoms with Crippen LogP contribution in [0.25, 0.3) is 0 Å². The fraction of sp³-hybridized carbons (Fsp3) is 0.455. The minimum absolute atomic E-state index is 0.189. The second-order valence-electron chi connectivity index (χ2n) is 3.63. The lowest BCUT2D eigenvalue weighted by molar-refractivity contribution is -0.202. The lowest BCUT2D eigenvalue weighted by Gasteiger charge is -2.39. The summed E-state index contributed by atoms with van der Waals surface area (Å²) in [4.78, 5) is 0. The first-order valence-electron chi connectivity index (χ1n) is 4.77. The van der Waals surface area contributed by atoms with Crippen molar-refractivity contribution in [3.05, 3.63) is 35.9 Å². The molecule has 0 amide bonds. The largest absolute Gasteiger partial charge is 0.372 e. The Morgan fingerprint density at radius 3 is 2.77 bits per heavy atom. The number of rotatable bonds is 1. The zero-order valence-corrected chi connectivity index (χ0v) is 7.35. The van der Waals surface area contributed by atoms with E-state index in [0.29, 0.717) is 12.2 Å². The van der Waals surface area contributed by atoms with Crippen LogP contribution in [-0.4, -0.2) is 18.8 Å². The van der Waals surface area contributed by atoms with Gasteiger partial charge in [0, 0.05) is 6.61 Å². The average molecular weight is 176 g/mol. The van der Waals surface area contributed by atoms with E-state index in [0.717, 1.165) is 13.0 Å². The molecule has 0 unspecified atom stereocenters. The highest BCUT2D eigenvalue weighted by Crippen LogP contribution is 2.42. The Kier molecular flexibility index (Phi) is 1.64. The third kappa shape index (κ3) is 1.10. The molecule has 0 aromatic heterocycles. The van der Waals surface area contributed by atoms with Gasteiger partial charge in [0.1, 0.15) is 12.2 Å². The number of hydrogen-bond acceptors (Lipinski definition) is 2. The third-order valence-electron chi connectivity index (χ3n) is 2.83. The molecule has 0 bridgehead atoms. The van der Waals surface area contributed by atoms with Crippen molar-refractivity contribution in [3.8, 4) is 0 Å². The molecule has 3 rings (SSSR count). The summed E-state index contributed by atoms with van der Waals surface area (Å²) < 4.78 is 11.3. The van der Waals surface area contributed by atoms with Crippen molar-refractivity contribution in [2.45, 2.75) is 24.7 Å². The molecule has 0 aliphatic carbocycles. The molecular weight excluding hydrogens is 164 g/mol. The lowest BCUT2D eigenvalue weighted by atomic mass is 9.94. The van der Waals surface area contributed by atoms with E-state index in [1.165, 1.54) is 5.56 Å². The van der Waals surface area contributed by atoms with Crippen molar-refractivity contribution in [1.29, 1.82) is 0 Å². The summed E-state index contributed by atoms with van der Waals surface area (Å²) >= 11 is 0. The van der Waals surface area contributed by atoms with Gasteiger partial charge in [-0.3, -0.25) is 0 Å². The summed E-state index contributed by atoms with van der Waals surface area (Å²) in [5.74, 6) is 0. The van der Waals surface area contributed by atoms with Gasteiger partial charge in [-0.25, -0.2) is 0 Å². The summed E-state index contributed by atoms with van der Waals surface area (Å²) in [5, 5.41) is 0. The number of hydrogen-bond donors (Lipinski definition) is 0. The molecule has 2 aliphatic rings. The van der Waals surface area contributed by atoms with Crippen molar-refractivity contribution < 1.29 is 9.47 Å². The SMILES string of the molecule is c1ccc([C@H]2O[C@H]3CCO[C@H]32)cc1. The van der Waals surface area contributed by atoms with Crippen LogP contribution in [0.4, 0.5) is 0 Å². The predicted octanol–water partition coefficient (Wildman–Crippen LogP) is 1.92. The van der Waals surface area contributed by atoms with Crippen molar-refractivity contribution in [3.63, 3.8) is 0 Å². The summed E-state index contributed by atoms with van der Waals surface area (Å²) in [6.07, 6.45) is 1.94.